The van der Waals surface area contributed by atoms with Crippen LogP contribution in [0.3, 0.4) is 0 Å². The average molecular weight is 278 g/mol. The van der Waals surface area contributed by atoms with E-state index in [4.69, 9.17) is 4.74 Å². The van der Waals surface area contributed by atoms with E-state index < -0.39 is 0 Å². The zero-order chi connectivity index (χ0) is 11.5. The van der Waals surface area contributed by atoms with Gasteiger partial charge in [0.05, 0.1) is 7.11 Å². The number of ether oxygens (including phenoxy) is 1. The van der Waals surface area contributed by atoms with Crippen molar-refractivity contribution in [3.63, 3.8) is 0 Å². The minimum absolute atomic E-state index is 0.873. The van der Waals surface area contributed by atoms with Crippen molar-refractivity contribution in [2.24, 2.45) is 0 Å². The second-order valence-electron chi connectivity index (χ2n) is 3.51. The lowest BCUT2D eigenvalue weighted by atomic mass is 10.0. The molecule has 0 N–H and O–H groups in total. The summed E-state index contributed by atoms with van der Waals surface area (Å²) >= 11 is 3.53. The van der Waals surface area contributed by atoms with Crippen molar-refractivity contribution in [3.05, 3.63) is 46.7 Å². The third-order valence-corrected chi connectivity index (χ3v) is 3.07. The van der Waals surface area contributed by atoms with Crippen molar-refractivity contribution in [1.29, 1.82) is 0 Å². The van der Waals surface area contributed by atoms with E-state index in [-0.39, 0.29) is 0 Å². The largest absolute Gasteiger partial charge is 0.496 e. The van der Waals surface area contributed by atoms with E-state index in [9.17, 15) is 0 Å². The van der Waals surface area contributed by atoms with Crippen LogP contribution in [0.4, 0.5) is 0 Å². The Kier molecular flexibility index (Phi) is 3.25. The molecule has 1 aromatic carbocycles. The summed E-state index contributed by atoms with van der Waals surface area (Å²) in [6.45, 7) is 2.04. The molecule has 3 heteroatoms. The second-order valence-corrected chi connectivity index (χ2v) is 4.37. The fourth-order valence-corrected chi connectivity index (χ4v) is 2.37. The highest BCUT2D eigenvalue weighted by Crippen LogP contribution is 2.36. The lowest BCUT2D eigenvalue weighted by molar-refractivity contribution is 0.416. The highest BCUT2D eigenvalue weighted by atomic mass is 79.9. The van der Waals surface area contributed by atoms with E-state index in [1.807, 2.05) is 37.4 Å². The van der Waals surface area contributed by atoms with Crippen molar-refractivity contribution in [2.75, 3.05) is 7.11 Å². The van der Waals surface area contributed by atoms with Gasteiger partial charge in [0, 0.05) is 28.0 Å². The molecule has 2 aromatic rings. The van der Waals surface area contributed by atoms with Crippen molar-refractivity contribution >= 4 is 15.9 Å². The van der Waals surface area contributed by atoms with Gasteiger partial charge in [0.25, 0.3) is 0 Å². The molecule has 0 aliphatic rings. The number of hydrogen-bond donors (Lipinski definition) is 0. The Balaban J connectivity index is 2.67. The normalized spacial score (nSPS) is 10.2. The SMILES string of the molecule is COc1ccccc1-c1c(C)cncc1Br. The number of pyridine rings is 1. The number of rotatable bonds is 2. The molecule has 2 nitrogen and oxygen atoms in total. The molecule has 0 unspecified atom stereocenters. The maximum atomic E-state index is 5.37. The van der Waals surface area contributed by atoms with Crippen molar-refractivity contribution in [1.82, 2.24) is 4.98 Å². The smallest absolute Gasteiger partial charge is 0.126 e. The summed E-state index contributed by atoms with van der Waals surface area (Å²) in [5.41, 5.74) is 3.34. The van der Waals surface area contributed by atoms with E-state index in [0.717, 1.165) is 26.9 Å². The molecule has 0 atom stereocenters. The van der Waals surface area contributed by atoms with Crippen LogP contribution in [0.15, 0.2) is 41.1 Å². The first kappa shape index (κ1) is 11.1. The van der Waals surface area contributed by atoms with E-state index >= 15 is 0 Å². The third-order valence-electron chi connectivity index (χ3n) is 2.47. The molecule has 16 heavy (non-hydrogen) atoms. The number of methoxy groups -OCH3 is 1. The monoisotopic (exact) mass is 277 g/mol. The van der Waals surface area contributed by atoms with Crippen molar-refractivity contribution < 1.29 is 4.74 Å². The van der Waals surface area contributed by atoms with E-state index in [0.29, 0.717) is 0 Å². The van der Waals surface area contributed by atoms with Crippen LogP contribution in [0.5, 0.6) is 5.75 Å². The number of hydrogen-bond acceptors (Lipinski definition) is 2. The van der Waals surface area contributed by atoms with Gasteiger partial charge in [-0.05, 0) is 34.5 Å². The molecular weight excluding hydrogens is 266 g/mol. The van der Waals surface area contributed by atoms with Gasteiger partial charge >= 0.3 is 0 Å². The van der Waals surface area contributed by atoms with Gasteiger partial charge in [0.1, 0.15) is 5.75 Å². The van der Waals surface area contributed by atoms with Gasteiger partial charge in [0.2, 0.25) is 0 Å². The van der Waals surface area contributed by atoms with Crippen molar-refractivity contribution in [2.45, 2.75) is 6.92 Å². The Morgan fingerprint density at radius 2 is 1.94 bits per heavy atom. The predicted octanol–water partition coefficient (Wildman–Crippen LogP) is 3.83. The van der Waals surface area contributed by atoms with Crippen molar-refractivity contribution in [3.8, 4) is 16.9 Å². The number of aryl methyl sites for hydroxylation is 1. The molecule has 0 bridgehead atoms. The van der Waals surface area contributed by atoms with Gasteiger partial charge in [-0.1, -0.05) is 18.2 Å². The molecule has 1 heterocycles. The van der Waals surface area contributed by atoms with Gasteiger partial charge in [-0.25, -0.2) is 0 Å². The van der Waals surface area contributed by atoms with Crippen LogP contribution in [0.1, 0.15) is 5.56 Å². The van der Waals surface area contributed by atoms with Gasteiger partial charge < -0.3 is 4.74 Å². The maximum Gasteiger partial charge on any atom is 0.126 e. The summed E-state index contributed by atoms with van der Waals surface area (Å²) in [6, 6.07) is 7.98. The number of halogens is 1. The van der Waals surface area contributed by atoms with Gasteiger partial charge in [-0.15, -0.1) is 0 Å². The Hall–Kier alpha value is -1.35. The van der Waals surface area contributed by atoms with Crippen LogP contribution < -0.4 is 4.74 Å². The van der Waals surface area contributed by atoms with E-state index in [1.165, 1.54) is 0 Å². The number of nitrogens with zero attached hydrogens (tertiary/aromatic N) is 1. The standard InChI is InChI=1S/C13H12BrNO/c1-9-7-15-8-11(14)13(9)10-5-3-4-6-12(10)16-2/h3-8H,1-2H3. The fourth-order valence-electron chi connectivity index (χ4n) is 1.72. The summed E-state index contributed by atoms with van der Waals surface area (Å²) in [5.74, 6) is 0.873. The van der Waals surface area contributed by atoms with Crippen LogP contribution >= 0.6 is 15.9 Å². The topological polar surface area (TPSA) is 22.1 Å². The lowest BCUT2D eigenvalue weighted by Crippen LogP contribution is -1.91. The minimum atomic E-state index is 0.873. The molecule has 0 saturated carbocycles. The van der Waals surface area contributed by atoms with Crippen LogP contribution in [0.2, 0.25) is 0 Å². The molecule has 0 spiro atoms. The van der Waals surface area contributed by atoms with Crippen LogP contribution in [0, 0.1) is 6.92 Å². The molecule has 1 aromatic heterocycles. The zero-order valence-corrected chi connectivity index (χ0v) is 10.8. The lowest BCUT2D eigenvalue weighted by Gasteiger charge is -2.12. The molecule has 2 rings (SSSR count). The molecule has 0 radical (unpaired) electrons. The first-order chi connectivity index (χ1) is 7.74. The number of aromatic nitrogens is 1. The van der Waals surface area contributed by atoms with Crippen LogP contribution in [-0.2, 0) is 0 Å². The van der Waals surface area contributed by atoms with Gasteiger partial charge in [-0.2, -0.15) is 0 Å². The Labute approximate surface area is 103 Å². The summed E-state index contributed by atoms with van der Waals surface area (Å²) in [6.07, 6.45) is 3.65. The summed E-state index contributed by atoms with van der Waals surface area (Å²) < 4.78 is 6.35. The molecular formula is C13H12BrNO. The molecule has 0 aliphatic heterocycles. The molecule has 0 amide bonds. The van der Waals surface area contributed by atoms with E-state index in [1.54, 1.807) is 13.3 Å². The highest BCUT2D eigenvalue weighted by Gasteiger charge is 2.11. The third kappa shape index (κ3) is 1.95. The highest BCUT2D eigenvalue weighted by molar-refractivity contribution is 9.10. The Bertz CT molecular complexity index is 491. The summed E-state index contributed by atoms with van der Waals surface area (Å²) in [7, 11) is 1.68. The van der Waals surface area contributed by atoms with Gasteiger partial charge in [0.15, 0.2) is 0 Å². The summed E-state index contributed by atoms with van der Waals surface area (Å²) in [5, 5.41) is 0. The van der Waals surface area contributed by atoms with Gasteiger partial charge in [-0.3, -0.25) is 4.98 Å². The second kappa shape index (κ2) is 4.66. The first-order valence-corrected chi connectivity index (χ1v) is 5.77. The molecule has 0 saturated heterocycles. The maximum absolute atomic E-state index is 5.37. The molecule has 0 aliphatic carbocycles. The number of para-hydroxylation sites is 1. The van der Waals surface area contributed by atoms with Crippen LogP contribution in [-0.4, -0.2) is 12.1 Å². The number of benzene rings is 1. The molecule has 82 valence electrons. The summed E-state index contributed by atoms with van der Waals surface area (Å²) in [4.78, 5) is 4.14. The Morgan fingerprint density at radius 1 is 1.19 bits per heavy atom. The zero-order valence-electron chi connectivity index (χ0n) is 9.20. The average Bonchev–Trinajstić information content (AvgIpc) is 2.29. The van der Waals surface area contributed by atoms with E-state index in [2.05, 4.69) is 20.9 Å². The van der Waals surface area contributed by atoms with Crippen LogP contribution in [0.25, 0.3) is 11.1 Å². The first-order valence-electron chi connectivity index (χ1n) is 4.97. The minimum Gasteiger partial charge on any atom is -0.496 e. The quantitative estimate of drug-likeness (QED) is 0.833. The molecule has 0 fully saturated rings. The Morgan fingerprint density at radius 3 is 2.62 bits per heavy atom. The predicted molar refractivity (Wildman–Crippen MR) is 68.7 cm³/mol. The fraction of sp³-hybridized carbons (Fsp3) is 0.154.